The first-order valence-corrected chi connectivity index (χ1v) is 7.33. The molecule has 0 radical (unpaired) electrons. The van der Waals surface area contributed by atoms with Crippen molar-refractivity contribution >= 4 is 21.6 Å². The Morgan fingerprint density at radius 1 is 1.33 bits per heavy atom. The van der Waals surface area contributed by atoms with Gasteiger partial charge in [0.15, 0.2) is 0 Å². The van der Waals surface area contributed by atoms with Crippen molar-refractivity contribution in [1.29, 1.82) is 0 Å². The van der Waals surface area contributed by atoms with Gasteiger partial charge in [-0.1, -0.05) is 11.6 Å². The molecule has 1 spiro atoms. The zero-order chi connectivity index (χ0) is 13.0. The summed E-state index contributed by atoms with van der Waals surface area (Å²) in [4.78, 5) is -0.0986. The second-order valence-electron chi connectivity index (χ2n) is 4.65. The van der Waals surface area contributed by atoms with Crippen LogP contribution in [-0.4, -0.2) is 38.0 Å². The number of benzene rings is 1. The summed E-state index contributed by atoms with van der Waals surface area (Å²) in [5, 5.41) is 0.0769. The van der Waals surface area contributed by atoms with Gasteiger partial charge in [0, 0.05) is 11.6 Å². The summed E-state index contributed by atoms with van der Waals surface area (Å²) in [5.41, 5.74) is -0.405. The van der Waals surface area contributed by atoms with E-state index in [1.165, 1.54) is 10.4 Å². The summed E-state index contributed by atoms with van der Waals surface area (Å²) in [5.74, 6) is -0.652. The molecular formula is C11H11ClFNO3S. The Balaban J connectivity index is 1.99. The lowest BCUT2D eigenvalue weighted by molar-refractivity contribution is -0.156. The molecule has 1 aromatic carbocycles. The Morgan fingerprint density at radius 3 is 2.50 bits per heavy atom. The largest absolute Gasteiger partial charge is 0.377 e. The van der Waals surface area contributed by atoms with Crippen LogP contribution in [-0.2, 0) is 14.8 Å². The quantitative estimate of drug-likeness (QED) is 0.832. The molecule has 0 bridgehead atoms. The van der Waals surface area contributed by atoms with Crippen molar-refractivity contribution in [3.05, 3.63) is 29.0 Å². The fourth-order valence-corrected chi connectivity index (χ4v) is 4.44. The normalized spacial score (nSPS) is 22.6. The van der Waals surface area contributed by atoms with Crippen molar-refractivity contribution in [2.45, 2.75) is 16.9 Å². The molecule has 7 heteroatoms. The molecule has 0 aliphatic carbocycles. The van der Waals surface area contributed by atoms with Gasteiger partial charge in [0.25, 0.3) is 0 Å². The number of nitrogens with zero attached hydrogens (tertiary/aromatic N) is 1. The number of rotatable bonds is 2. The summed E-state index contributed by atoms with van der Waals surface area (Å²) >= 11 is 5.69. The highest BCUT2D eigenvalue weighted by Crippen LogP contribution is 2.41. The third kappa shape index (κ3) is 1.67. The highest BCUT2D eigenvalue weighted by Gasteiger charge is 2.56. The fourth-order valence-electron chi connectivity index (χ4n) is 2.33. The van der Waals surface area contributed by atoms with Crippen molar-refractivity contribution in [3.8, 4) is 0 Å². The number of ether oxygens (including phenoxy) is 1. The van der Waals surface area contributed by atoms with Gasteiger partial charge in [0.1, 0.15) is 5.82 Å². The molecule has 2 fully saturated rings. The average molecular weight is 292 g/mol. The highest BCUT2D eigenvalue weighted by molar-refractivity contribution is 7.89. The molecule has 1 aromatic rings. The Hall–Kier alpha value is -0.690. The van der Waals surface area contributed by atoms with Crippen LogP contribution < -0.4 is 0 Å². The second-order valence-corrected chi connectivity index (χ2v) is 6.95. The third-order valence-corrected chi connectivity index (χ3v) is 5.67. The minimum Gasteiger partial charge on any atom is -0.377 e. The van der Waals surface area contributed by atoms with Gasteiger partial charge in [-0.15, -0.1) is 0 Å². The van der Waals surface area contributed by atoms with E-state index in [2.05, 4.69) is 0 Å². The molecule has 2 saturated heterocycles. The molecule has 2 heterocycles. The maximum atomic E-state index is 13.2. The van der Waals surface area contributed by atoms with Gasteiger partial charge in [-0.25, -0.2) is 12.8 Å². The first kappa shape index (κ1) is 12.3. The van der Waals surface area contributed by atoms with E-state index in [-0.39, 0.29) is 9.92 Å². The van der Waals surface area contributed by atoms with Gasteiger partial charge < -0.3 is 4.74 Å². The number of hydrogen-bond acceptors (Lipinski definition) is 3. The highest BCUT2D eigenvalue weighted by atomic mass is 35.5. The van der Waals surface area contributed by atoms with Crippen molar-refractivity contribution < 1.29 is 17.5 Å². The Kier molecular flexibility index (Phi) is 2.68. The lowest BCUT2D eigenvalue weighted by Crippen LogP contribution is -2.71. The van der Waals surface area contributed by atoms with Crippen molar-refractivity contribution in [1.82, 2.24) is 4.31 Å². The van der Waals surface area contributed by atoms with E-state index in [1.807, 2.05) is 0 Å². The Morgan fingerprint density at radius 2 is 2.06 bits per heavy atom. The van der Waals surface area contributed by atoms with Crippen molar-refractivity contribution in [2.75, 3.05) is 19.8 Å². The maximum absolute atomic E-state index is 13.2. The van der Waals surface area contributed by atoms with Crippen LogP contribution in [0.5, 0.6) is 0 Å². The van der Waals surface area contributed by atoms with Crippen LogP contribution in [0.15, 0.2) is 23.1 Å². The molecule has 3 rings (SSSR count). The van der Waals surface area contributed by atoms with E-state index in [1.54, 1.807) is 0 Å². The Labute approximate surface area is 109 Å². The number of hydrogen-bond donors (Lipinski definition) is 0. The first-order chi connectivity index (χ1) is 8.44. The Bertz CT molecular complexity index is 575. The molecule has 4 nitrogen and oxygen atoms in total. The smallest absolute Gasteiger partial charge is 0.243 e. The fraction of sp³-hybridized carbons (Fsp3) is 0.455. The van der Waals surface area contributed by atoms with Crippen molar-refractivity contribution in [2.24, 2.45) is 0 Å². The van der Waals surface area contributed by atoms with Crippen LogP contribution in [0.4, 0.5) is 4.39 Å². The van der Waals surface area contributed by atoms with E-state index in [4.69, 9.17) is 16.3 Å². The topological polar surface area (TPSA) is 46.6 Å². The molecular weight excluding hydrogens is 281 g/mol. The van der Waals surface area contributed by atoms with Gasteiger partial charge in [0.2, 0.25) is 10.0 Å². The average Bonchev–Trinajstić information content (AvgIpc) is 2.10. The minimum absolute atomic E-state index is 0.0769. The molecule has 98 valence electrons. The van der Waals surface area contributed by atoms with E-state index in [0.717, 1.165) is 18.6 Å². The zero-order valence-corrected chi connectivity index (χ0v) is 11.0. The van der Waals surface area contributed by atoms with Crippen molar-refractivity contribution in [3.63, 3.8) is 0 Å². The van der Waals surface area contributed by atoms with E-state index in [9.17, 15) is 12.8 Å². The molecule has 0 aromatic heterocycles. The minimum atomic E-state index is -3.69. The van der Waals surface area contributed by atoms with Crippen LogP contribution >= 0.6 is 11.6 Å². The van der Waals surface area contributed by atoms with Crippen LogP contribution in [0.1, 0.15) is 6.42 Å². The van der Waals surface area contributed by atoms with Crippen LogP contribution in [0.2, 0.25) is 5.02 Å². The second kappa shape index (κ2) is 3.90. The van der Waals surface area contributed by atoms with Gasteiger partial charge in [-0.05, 0) is 24.6 Å². The first-order valence-electron chi connectivity index (χ1n) is 5.51. The summed E-state index contributed by atoms with van der Waals surface area (Å²) in [7, 11) is -3.69. The predicted molar refractivity (Wildman–Crippen MR) is 63.5 cm³/mol. The summed E-state index contributed by atoms with van der Waals surface area (Å²) in [6, 6.07) is 3.34. The number of sulfonamides is 1. The van der Waals surface area contributed by atoms with Crippen LogP contribution in [0, 0.1) is 5.82 Å². The predicted octanol–water partition coefficient (Wildman–Crippen LogP) is 1.64. The lowest BCUT2D eigenvalue weighted by Gasteiger charge is -2.56. The number of halogens is 2. The standard InChI is InChI=1S/C11H11ClFNO3S/c12-8-3-9(13)5-10(4-8)18(15,16)14-2-1-11(14)6-17-7-11/h3-5H,1-2,6-7H2. The summed E-state index contributed by atoms with van der Waals surface area (Å²) in [6.07, 6.45) is 0.787. The zero-order valence-electron chi connectivity index (χ0n) is 9.40. The molecule has 18 heavy (non-hydrogen) atoms. The lowest BCUT2D eigenvalue weighted by atomic mass is 9.86. The monoisotopic (exact) mass is 291 g/mol. The van der Waals surface area contributed by atoms with Crippen LogP contribution in [0.3, 0.4) is 0 Å². The molecule has 0 amide bonds. The molecule has 0 atom stereocenters. The summed E-state index contributed by atoms with van der Waals surface area (Å²) in [6.45, 7) is 1.27. The molecule has 2 aliphatic rings. The molecule has 2 aliphatic heterocycles. The van der Waals surface area contributed by atoms with Crippen LogP contribution in [0.25, 0.3) is 0 Å². The third-order valence-electron chi connectivity index (χ3n) is 3.47. The van der Waals surface area contributed by atoms with E-state index in [0.29, 0.717) is 19.8 Å². The molecule has 0 N–H and O–H groups in total. The SMILES string of the molecule is O=S(=O)(c1cc(F)cc(Cl)c1)N1CCC12COC2. The molecule has 0 saturated carbocycles. The van der Waals surface area contributed by atoms with Gasteiger partial charge >= 0.3 is 0 Å². The van der Waals surface area contributed by atoms with E-state index < -0.39 is 21.4 Å². The van der Waals surface area contributed by atoms with Gasteiger partial charge in [-0.2, -0.15) is 4.31 Å². The summed E-state index contributed by atoms with van der Waals surface area (Å²) < 4.78 is 44.5. The van der Waals surface area contributed by atoms with Gasteiger partial charge in [0.05, 0.1) is 23.6 Å². The maximum Gasteiger partial charge on any atom is 0.243 e. The molecule has 0 unspecified atom stereocenters. The van der Waals surface area contributed by atoms with Gasteiger partial charge in [-0.3, -0.25) is 0 Å². The van der Waals surface area contributed by atoms with E-state index >= 15 is 0 Å².